The second-order valence-electron chi connectivity index (χ2n) is 8.56. The number of hydrogen-bond donors (Lipinski definition) is 0. The number of fused-ring (bicyclic) bond motifs is 2. The number of ether oxygens (including phenoxy) is 1. The first kappa shape index (κ1) is 24.2. The van der Waals surface area contributed by atoms with E-state index in [2.05, 4.69) is 91.6 Å². The van der Waals surface area contributed by atoms with Gasteiger partial charge in [-0.25, -0.2) is 0 Å². The minimum absolute atomic E-state index is 0. The molecule has 1 aliphatic carbocycles. The van der Waals surface area contributed by atoms with Crippen molar-refractivity contribution in [3.63, 3.8) is 0 Å². The molecular weight excluding hydrogens is 403 g/mol. The summed E-state index contributed by atoms with van der Waals surface area (Å²) in [5.41, 5.74) is 2.50. The Morgan fingerprint density at radius 3 is 1.93 bits per heavy atom. The van der Waals surface area contributed by atoms with Crippen molar-refractivity contribution in [1.29, 1.82) is 0 Å². The third-order valence-corrected chi connectivity index (χ3v) is 6.44. The molecule has 2 aromatic carbocycles. The van der Waals surface area contributed by atoms with Crippen LogP contribution in [0.25, 0.3) is 0 Å². The molecule has 0 N–H and O–H groups in total. The molecule has 1 aliphatic heterocycles. The molecule has 0 spiro atoms. The van der Waals surface area contributed by atoms with Crippen molar-refractivity contribution in [2.45, 2.75) is 31.1 Å². The van der Waals surface area contributed by atoms with Crippen LogP contribution in [0.4, 0.5) is 0 Å². The Bertz CT molecular complexity index is 689. The van der Waals surface area contributed by atoms with E-state index < -0.39 is 0 Å². The Kier molecular flexibility index (Phi) is 8.99. The number of piperidine rings is 1. The topological polar surface area (TPSA) is 15.7 Å². The van der Waals surface area contributed by atoms with E-state index in [1.54, 1.807) is 0 Å². The van der Waals surface area contributed by atoms with E-state index in [0.717, 1.165) is 13.1 Å². The highest BCUT2D eigenvalue weighted by molar-refractivity contribution is 5.85. The zero-order chi connectivity index (χ0) is 18.8. The van der Waals surface area contributed by atoms with Crippen molar-refractivity contribution in [1.82, 2.24) is 9.80 Å². The van der Waals surface area contributed by atoms with E-state index in [9.17, 15) is 0 Å². The molecule has 1 heterocycles. The summed E-state index contributed by atoms with van der Waals surface area (Å²) >= 11 is 0. The van der Waals surface area contributed by atoms with Crippen LogP contribution in [0.1, 0.15) is 30.1 Å². The summed E-state index contributed by atoms with van der Waals surface area (Å²) in [6, 6.07) is 22.0. The molecule has 4 atom stereocenters. The van der Waals surface area contributed by atoms with E-state index in [0.29, 0.717) is 24.0 Å². The molecule has 29 heavy (non-hydrogen) atoms. The minimum atomic E-state index is 0. The van der Waals surface area contributed by atoms with Crippen molar-refractivity contribution in [2.75, 3.05) is 34.2 Å². The van der Waals surface area contributed by atoms with E-state index >= 15 is 0 Å². The van der Waals surface area contributed by atoms with Gasteiger partial charge in [-0.15, -0.1) is 24.8 Å². The summed E-state index contributed by atoms with van der Waals surface area (Å²) < 4.78 is 7.01. The molecule has 1 saturated heterocycles. The first-order chi connectivity index (χ1) is 13.1. The minimum Gasteiger partial charge on any atom is -0.365 e. The molecule has 160 valence electrons. The summed E-state index contributed by atoms with van der Waals surface area (Å²) in [6.45, 7) is 2.28. The fourth-order valence-corrected chi connectivity index (χ4v) is 5.20. The molecule has 4 rings (SSSR count). The number of likely N-dealkylation sites (tertiary alicyclic amines) is 1. The first-order valence-electron chi connectivity index (χ1n) is 10.2. The lowest BCUT2D eigenvalue weighted by Crippen LogP contribution is -2.59. The van der Waals surface area contributed by atoms with Crippen molar-refractivity contribution < 1.29 is 4.74 Å². The predicted octanol–water partition coefficient (Wildman–Crippen LogP) is 4.91. The molecular formula is C24H34Cl2N2O. The molecule has 0 amide bonds. The molecule has 0 aromatic heterocycles. The summed E-state index contributed by atoms with van der Waals surface area (Å²) in [5, 5.41) is 0. The summed E-state index contributed by atoms with van der Waals surface area (Å²) in [4.78, 5) is 4.92. The normalized spacial score (nSPS) is 26.7. The average Bonchev–Trinajstić information content (AvgIpc) is 2.67. The zero-order valence-electron chi connectivity index (χ0n) is 17.6. The number of halogens is 2. The van der Waals surface area contributed by atoms with E-state index in [1.165, 1.54) is 24.0 Å². The van der Waals surface area contributed by atoms with Gasteiger partial charge in [0, 0.05) is 25.0 Å². The van der Waals surface area contributed by atoms with Gasteiger partial charge in [0.1, 0.15) is 6.10 Å². The summed E-state index contributed by atoms with van der Waals surface area (Å²) in [6.07, 6.45) is 2.86. The van der Waals surface area contributed by atoms with Crippen LogP contribution in [0.5, 0.6) is 0 Å². The van der Waals surface area contributed by atoms with Gasteiger partial charge in [-0.2, -0.15) is 0 Å². The monoisotopic (exact) mass is 436 g/mol. The molecule has 1 saturated carbocycles. The van der Waals surface area contributed by atoms with Gasteiger partial charge in [0.25, 0.3) is 0 Å². The van der Waals surface area contributed by atoms with Crippen LogP contribution < -0.4 is 0 Å². The van der Waals surface area contributed by atoms with Crippen LogP contribution >= 0.6 is 24.8 Å². The zero-order valence-corrected chi connectivity index (χ0v) is 19.2. The fraction of sp³-hybridized carbons (Fsp3) is 0.500. The van der Waals surface area contributed by atoms with Crippen molar-refractivity contribution in [3.05, 3.63) is 71.8 Å². The van der Waals surface area contributed by atoms with Gasteiger partial charge in [0.2, 0.25) is 0 Å². The Hall–Kier alpha value is -1.10. The third-order valence-electron chi connectivity index (χ3n) is 6.44. The third kappa shape index (κ3) is 5.34. The number of rotatable bonds is 5. The van der Waals surface area contributed by atoms with Gasteiger partial charge >= 0.3 is 0 Å². The molecule has 2 aliphatic rings. The van der Waals surface area contributed by atoms with Crippen LogP contribution in [0.2, 0.25) is 0 Å². The number of nitrogens with zero attached hydrogens (tertiary/aromatic N) is 2. The van der Waals surface area contributed by atoms with Gasteiger partial charge in [0.15, 0.2) is 0 Å². The van der Waals surface area contributed by atoms with Crippen LogP contribution in [0.15, 0.2) is 60.7 Å². The molecule has 2 bridgehead atoms. The second-order valence-corrected chi connectivity index (χ2v) is 8.56. The number of hydrogen-bond acceptors (Lipinski definition) is 3. The van der Waals surface area contributed by atoms with Crippen LogP contribution in [0, 0.1) is 11.8 Å². The standard InChI is InChI=1S/C24H32N2O.2ClH/c1-25(2)22-15-14-20-16-26(3)17-21(22)24(20)27-23(18-10-6-4-7-11-18)19-12-8-5-9-13-19;;/h4-13,20-24H,14-17H2,1-3H3;2*1H/t20?,21?,22-,24+;;/m0../s1. The van der Waals surface area contributed by atoms with Gasteiger partial charge in [-0.05, 0) is 51.0 Å². The van der Waals surface area contributed by atoms with Crippen LogP contribution in [0.3, 0.4) is 0 Å². The van der Waals surface area contributed by atoms with Gasteiger partial charge in [-0.1, -0.05) is 60.7 Å². The van der Waals surface area contributed by atoms with Gasteiger partial charge < -0.3 is 14.5 Å². The molecule has 2 fully saturated rings. The molecule has 0 radical (unpaired) electrons. The SMILES string of the molecule is CN1CC2CC[C@H](N(C)C)C(C1)[C@@H]2OC(c1ccccc1)c1ccccc1.Cl.Cl. The lowest BCUT2D eigenvalue weighted by atomic mass is 9.71. The Balaban J connectivity index is 0.00000150. The van der Waals surface area contributed by atoms with E-state index in [1.807, 2.05) is 0 Å². The maximum atomic E-state index is 7.01. The quantitative estimate of drug-likeness (QED) is 0.662. The molecule has 2 unspecified atom stereocenters. The lowest BCUT2D eigenvalue weighted by molar-refractivity contribution is -0.132. The van der Waals surface area contributed by atoms with Gasteiger partial charge in [0.05, 0.1) is 6.10 Å². The van der Waals surface area contributed by atoms with Crippen molar-refractivity contribution in [3.8, 4) is 0 Å². The maximum Gasteiger partial charge on any atom is 0.108 e. The summed E-state index contributed by atoms with van der Waals surface area (Å²) in [7, 11) is 6.71. The van der Waals surface area contributed by atoms with Gasteiger partial charge in [-0.3, -0.25) is 0 Å². The highest BCUT2D eigenvalue weighted by Crippen LogP contribution is 2.41. The maximum absolute atomic E-state index is 7.01. The Morgan fingerprint density at radius 1 is 0.862 bits per heavy atom. The van der Waals surface area contributed by atoms with E-state index in [-0.39, 0.29) is 30.9 Å². The van der Waals surface area contributed by atoms with Crippen LogP contribution in [-0.4, -0.2) is 56.2 Å². The molecule has 3 nitrogen and oxygen atoms in total. The first-order valence-corrected chi connectivity index (χ1v) is 10.2. The Labute approximate surface area is 188 Å². The van der Waals surface area contributed by atoms with Crippen molar-refractivity contribution >= 4 is 24.8 Å². The average molecular weight is 437 g/mol. The summed E-state index contributed by atoms with van der Waals surface area (Å²) in [5.74, 6) is 1.19. The Morgan fingerprint density at radius 2 is 1.41 bits per heavy atom. The largest absolute Gasteiger partial charge is 0.365 e. The lowest BCUT2D eigenvalue weighted by Gasteiger charge is -2.52. The van der Waals surface area contributed by atoms with Crippen molar-refractivity contribution in [2.24, 2.45) is 11.8 Å². The highest BCUT2D eigenvalue weighted by atomic mass is 35.5. The van der Waals surface area contributed by atoms with Crippen LogP contribution in [-0.2, 0) is 4.74 Å². The highest BCUT2D eigenvalue weighted by Gasteiger charge is 2.46. The molecule has 5 heteroatoms. The molecule has 2 aromatic rings. The second kappa shape index (κ2) is 10.8. The smallest absolute Gasteiger partial charge is 0.108 e. The predicted molar refractivity (Wildman–Crippen MR) is 125 cm³/mol. The van der Waals surface area contributed by atoms with E-state index in [4.69, 9.17) is 4.74 Å². The fourth-order valence-electron chi connectivity index (χ4n) is 5.20. The number of benzene rings is 2.